The number of nitrogens with one attached hydrogen (secondary N) is 1. The third-order valence-corrected chi connectivity index (χ3v) is 3.03. The van der Waals surface area contributed by atoms with Gasteiger partial charge in [-0.1, -0.05) is 11.6 Å². The molecule has 1 aliphatic carbocycles. The van der Waals surface area contributed by atoms with Crippen LogP contribution in [-0.2, 0) is 11.3 Å². The largest absolute Gasteiger partial charge is 0.361 e. The van der Waals surface area contributed by atoms with Gasteiger partial charge in [0, 0.05) is 12.1 Å². The van der Waals surface area contributed by atoms with Crippen LogP contribution in [0.15, 0.2) is 10.6 Å². The van der Waals surface area contributed by atoms with Gasteiger partial charge in [0.15, 0.2) is 0 Å². The quantitative estimate of drug-likeness (QED) is 0.791. The molecule has 0 radical (unpaired) electrons. The summed E-state index contributed by atoms with van der Waals surface area (Å²) in [5.41, 5.74) is 6.61. The lowest BCUT2D eigenvalue weighted by atomic mass is 10.0. The molecule has 1 heterocycles. The molecular formula is C11H17N3O2. The fourth-order valence-electron chi connectivity index (χ4n) is 2.12. The van der Waals surface area contributed by atoms with Gasteiger partial charge in [-0.15, -0.1) is 0 Å². The van der Waals surface area contributed by atoms with Gasteiger partial charge in [0.2, 0.25) is 5.91 Å². The van der Waals surface area contributed by atoms with E-state index in [1.807, 2.05) is 13.0 Å². The second-order valence-corrected chi connectivity index (χ2v) is 4.35. The minimum absolute atomic E-state index is 0.0130. The van der Waals surface area contributed by atoms with E-state index < -0.39 is 0 Å². The lowest BCUT2D eigenvalue weighted by Crippen LogP contribution is -2.38. The number of aryl methyl sites for hydroxylation is 1. The Morgan fingerprint density at radius 3 is 3.06 bits per heavy atom. The van der Waals surface area contributed by atoms with E-state index in [2.05, 4.69) is 10.5 Å². The zero-order valence-electron chi connectivity index (χ0n) is 9.40. The summed E-state index contributed by atoms with van der Waals surface area (Å²) in [5.74, 6) is 0.750. The van der Waals surface area contributed by atoms with Crippen LogP contribution in [0.2, 0.25) is 0 Å². The van der Waals surface area contributed by atoms with E-state index in [1.165, 1.54) is 0 Å². The molecule has 88 valence electrons. The van der Waals surface area contributed by atoms with Gasteiger partial charge in [0.1, 0.15) is 11.5 Å². The monoisotopic (exact) mass is 223 g/mol. The Morgan fingerprint density at radius 1 is 1.69 bits per heavy atom. The molecule has 1 aromatic rings. The minimum atomic E-state index is -0.0343. The number of aromatic nitrogens is 1. The molecule has 1 aliphatic rings. The average Bonchev–Trinajstić information content (AvgIpc) is 2.84. The predicted octanol–water partition coefficient (Wildman–Crippen LogP) is 0.727. The van der Waals surface area contributed by atoms with Gasteiger partial charge in [-0.3, -0.25) is 4.79 Å². The van der Waals surface area contributed by atoms with Crippen LogP contribution in [0.4, 0.5) is 0 Å². The van der Waals surface area contributed by atoms with E-state index >= 15 is 0 Å². The van der Waals surface area contributed by atoms with E-state index in [9.17, 15) is 4.79 Å². The summed E-state index contributed by atoms with van der Waals surface area (Å²) in [7, 11) is 0. The van der Waals surface area contributed by atoms with Crippen molar-refractivity contribution < 1.29 is 9.32 Å². The van der Waals surface area contributed by atoms with Gasteiger partial charge in [0.05, 0.1) is 12.5 Å². The van der Waals surface area contributed by atoms with Crippen LogP contribution in [0.1, 0.15) is 30.7 Å². The number of nitrogens with two attached hydrogens (primary N) is 1. The first-order valence-electron chi connectivity index (χ1n) is 5.62. The molecule has 0 bridgehead atoms. The molecule has 2 rings (SSSR count). The normalized spacial score (nSPS) is 24.6. The van der Waals surface area contributed by atoms with Gasteiger partial charge >= 0.3 is 0 Å². The Hall–Kier alpha value is -1.36. The summed E-state index contributed by atoms with van der Waals surface area (Å²) >= 11 is 0. The first-order valence-corrected chi connectivity index (χ1v) is 5.62. The molecular weight excluding hydrogens is 206 g/mol. The predicted molar refractivity (Wildman–Crippen MR) is 58.4 cm³/mol. The Balaban J connectivity index is 1.83. The topological polar surface area (TPSA) is 81.2 Å². The molecule has 1 aromatic heterocycles. The van der Waals surface area contributed by atoms with Gasteiger partial charge in [-0.25, -0.2) is 0 Å². The van der Waals surface area contributed by atoms with Crippen LogP contribution in [0.25, 0.3) is 0 Å². The van der Waals surface area contributed by atoms with E-state index in [-0.39, 0.29) is 17.9 Å². The highest BCUT2D eigenvalue weighted by atomic mass is 16.5. The standard InChI is InChI=1S/C11H17N3O2/c1-7-5-8(14-16-7)6-13-11(15)9-3-2-4-10(9)12/h5,9-10H,2-4,6,12H2,1H3,(H,13,15). The zero-order chi connectivity index (χ0) is 11.5. The molecule has 0 saturated heterocycles. The van der Waals surface area contributed by atoms with Crippen molar-refractivity contribution in [2.45, 2.75) is 38.8 Å². The zero-order valence-corrected chi connectivity index (χ0v) is 9.40. The highest BCUT2D eigenvalue weighted by molar-refractivity contribution is 5.79. The summed E-state index contributed by atoms with van der Waals surface area (Å²) in [6.45, 7) is 2.24. The fourth-order valence-corrected chi connectivity index (χ4v) is 2.12. The number of carbonyl (C=O) groups is 1. The van der Waals surface area contributed by atoms with Gasteiger partial charge in [-0.05, 0) is 19.8 Å². The average molecular weight is 223 g/mol. The van der Waals surface area contributed by atoms with Crippen molar-refractivity contribution in [3.05, 3.63) is 17.5 Å². The first kappa shape index (κ1) is 11.1. The SMILES string of the molecule is Cc1cc(CNC(=O)C2CCCC2N)no1. The van der Waals surface area contributed by atoms with Crippen molar-refractivity contribution in [1.82, 2.24) is 10.5 Å². The van der Waals surface area contributed by atoms with Crippen LogP contribution in [0, 0.1) is 12.8 Å². The molecule has 1 amide bonds. The maximum absolute atomic E-state index is 11.8. The smallest absolute Gasteiger partial charge is 0.224 e. The summed E-state index contributed by atoms with van der Waals surface area (Å²) in [6.07, 6.45) is 2.88. The van der Waals surface area contributed by atoms with Crippen molar-refractivity contribution in [3.8, 4) is 0 Å². The van der Waals surface area contributed by atoms with Gasteiger partial charge in [-0.2, -0.15) is 0 Å². The molecule has 5 nitrogen and oxygen atoms in total. The Labute approximate surface area is 94.4 Å². The Kier molecular flexibility index (Phi) is 3.24. The molecule has 2 unspecified atom stereocenters. The fraction of sp³-hybridized carbons (Fsp3) is 0.636. The lowest BCUT2D eigenvalue weighted by Gasteiger charge is -2.14. The lowest BCUT2D eigenvalue weighted by molar-refractivity contribution is -0.125. The first-order chi connectivity index (χ1) is 7.66. The molecule has 0 spiro atoms. The molecule has 16 heavy (non-hydrogen) atoms. The third-order valence-electron chi connectivity index (χ3n) is 3.03. The number of hydrogen-bond donors (Lipinski definition) is 2. The molecule has 2 atom stereocenters. The molecule has 3 N–H and O–H groups in total. The van der Waals surface area contributed by atoms with Gasteiger partial charge in [0.25, 0.3) is 0 Å². The van der Waals surface area contributed by atoms with Crippen LogP contribution < -0.4 is 11.1 Å². The van der Waals surface area contributed by atoms with Crippen molar-refractivity contribution in [2.75, 3.05) is 0 Å². The second-order valence-electron chi connectivity index (χ2n) is 4.35. The molecule has 0 aromatic carbocycles. The van der Waals surface area contributed by atoms with Crippen LogP contribution in [0.3, 0.4) is 0 Å². The van der Waals surface area contributed by atoms with Crippen molar-refractivity contribution in [1.29, 1.82) is 0 Å². The number of carbonyl (C=O) groups excluding carboxylic acids is 1. The van der Waals surface area contributed by atoms with Crippen LogP contribution in [-0.4, -0.2) is 17.1 Å². The summed E-state index contributed by atoms with van der Waals surface area (Å²) < 4.78 is 4.92. The maximum Gasteiger partial charge on any atom is 0.224 e. The van der Waals surface area contributed by atoms with Gasteiger partial charge < -0.3 is 15.6 Å². The summed E-state index contributed by atoms with van der Waals surface area (Å²) in [5, 5.41) is 6.66. The van der Waals surface area contributed by atoms with E-state index in [0.29, 0.717) is 6.54 Å². The second kappa shape index (κ2) is 4.65. The minimum Gasteiger partial charge on any atom is -0.361 e. The number of rotatable bonds is 3. The summed E-state index contributed by atoms with van der Waals surface area (Å²) in [4.78, 5) is 11.8. The number of amides is 1. The van der Waals surface area contributed by atoms with Crippen molar-refractivity contribution in [3.63, 3.8) is 0 Å². The molecule has 0 aliphatic heterocycles. The van der Waals surface area contributed by atoms with E-state index in [4.69, 9.17) is 10.3 Å². The Morgan fingerprint density at radius 2 is 2.50 bits per heavy atom. The molecule has 1 saturated carbocycles. The third kappa shape index (κ3) is 2.41. The molecule has 1 fully saturated rings. The van der Waals surface area contributed by atoms with Crippen molar-refractivity contribution >= 4 is 5.91 Å². The summed E-state index contributed by atoms with van der Waals surface area (Å²) in [6, 6.07) is 1.83. The Bertz CT molecular complexity index is 375. The van der Waals surface area contributed by atoms with E-state index in [0.717, 1.165) is 30.7 Å². The van der Waals surface area contributed by atoms with Crippen LogP contribution in [0.5, 0.6) is 0 Å². The maximum atomic E-state index is 11.8. The van der Waals surface area contributed by atoms with Crippen molar-refractivity contribution in [2.24, 2.45) is 11.7 Å². The molecule has 5 heteroatoms. The number of nitrogens with zero attached hydrogens (tertiary/aromatic N) is 1. The van der Waals surface area contributed by atoms with E-state index in [1.54, 1.807) is 0 Å². The van der Waals surface area contributed by atoms with Crippen LogP contribution >= 0.6 is 0 Å². The number of hydrogen-bond acceptors (Lipinski definition) is 4. The highest BCUT2D eigenvalue weighted by Gasteiger charge is 2.29. The highest BCUT2D eigenvalue weighted by Crippen LogP contribution is 2.23.